The van der Waals surface area contributed by atoms with Crippen molar-refractivity contribution < 1.29 is 5.21 Å². The maximum atomic E-state index is 11.0. The van der Waals surface area contributed by atoms with Crippen LogP contribution in [0.4, 0.5) is 0 Å². The first-order valence-electron chi connectivity index (χ1n) is 14.0. The Morgan fingerprint density at radius 1 is 0.886 bits per heavy atom. The van der Waals surface area contributed by atoms with E-state index in [0.717, 1.165) is 25.7 Å². The van der Waals surface area contributed by atoms with Crippen molar-refractivity contribution in [2.75, 3.05) is 0 Å². The fourth-order valence-corrected chi connectivity index (χ4v) is 7.39. The lowest BCUT2D eigenvalue weighted by molar-refractivity contribution is -0.251. The molecule has 0 aromatic heterocycles. The van der Waals surface area contributed by atoms with E-state index in [2.05, 4.69) is 91.8 Å². The summed E-state index contributed by atoms with van der Waals surface area (Å²) in [6, 6.07) is 14.3. The van der Waals surface area contributed by atoms with Gasteiger partial charge in [-0.1, -0.05) is 82.5 Å². The Bertz CT molecular complexity index is 1050. The number of piperidine rings is 1. The highest BCUT2D eigenvalue weighted by atomic mass is 16.5. The molecule has 1 heterocycles. The van der Waals surface area contributed by atoms with Crippen LogP contribution in [0.15, 0.2) is 36.4 Å². The Hall–Kier alpha value is -1.58. The Labute approximate surface area is 215 Å². The average Bonchev–Trinajstić information content (AvgIpc) is 3.15. The van der Waals surface area contributed by atoms with E-state index < -0.39 is 0 Å². The molecule has 0 spiro atoms. The molecule has 0 bridgehead atoms. The van der Waals surface area contributed by atoms with Crippen LogP contribution >= 0.6 is 0 Å². The SMILES string of the molecule is [B]C(CC)(CC)c1ccc2c(c1)C(C1CC(C)(C)N(O)C(C)(C)C1)c1cc(C(CC)CC)ccc1-2. The summed E-state index contributed by atoms with van der Waals surface area (Å²) in [7, 11) is 6.91. The van der Waals surface area contributed by atoms with Crippen LogP contribution in [0.25, 0.3) is 11.1 Å². The normalized spacial score (nSPS) is 21.8. The van der Waals surface area contributed by atoms with Crippen molar-refractivity contribution in [3.8, 4) is 11.1 Å². The predicted octanol–water partition coefficient (Wildman–Crippen LogP) is 8.54. The zero-order valence-electron chi connectivity index (χ0n) is 23.4. The lowest BCUT2D eigenvalue weighted by Gasteiger charge is -2.53. The summed E-state index contributed by atoms with van der Waals surface area (Å²) >= 11 is 0. The van der Waals surface area contributed by atoms with E-state index in [4.69, 9.17) is 7.85 Å². The minimum Gasteiger partial charge on any atom is -0.313 e. The van der Waals surface area contributed by atoms with Gasteiger partial charge in [-0.05, 0) is 98.3 Å². The highest BCUT2D eigenvalue weighted by Gasteiger charge is 2.49. The van der Waals surface area contributed by atoms with Crippen molar-refractivity contribution >= 4 is 7.85 Å². The molecule has 0 amide bonds. The van der Waals surface area contributed by atoms with Crippen molar-refractivity contribution in [3.05, 3.63) is 58.7 Å². The number of fused-ring (bicyclic) bond motifs is 3. The van der Waals surface area contributed by atoms with Crippen LogP contribution in [-0.4, -0.2) is 29.2 Å². The molecular weight excluding hydrogens is 425 g/mol. The molecule has 188 valence electrons. The van der Waals surface area contributed by atoms with Crippen LogP contribution in [0.1, 0.15) is 128 Å². The van der Waals surface area contributed by atoms with E-state index in [1.165, 1.54) is 46.2 Å². The van der Waals surface area contributed by atoms with Gasteiger partial charge in [-0.2, -0.15) is 5.06 Å². The monoisotopic (exact) mass is 471 g/mol. The maximum absolute atomic E-state index is 11.0. The average molecular weight is 472 g/mol. The van der Waals surface area contributed by atoms with Crippen molar-refractivity contribution in [2.24, 2.45) is 5.92 Å². The molecular formula is C32H46BNO. The van der Waals surface area contributed by atoms with E-state index in [9.17, 15) is 5.21 Å². The minimum atomic E-state index is -0.290. The fourth-order valence-electron chi connectivity index (χ4n) is 7.39. The van der Waals surface area contributed by atoms with Gasteiger partial charge >= 0.3 is 0 Å². The minimum absolute atomic E-state index is 0.273. The van der Waals surface area contributed by atoms with Crippen molar-refractivity contribution in [1.29, 1.82) is 0 Å². The standard InChI is InChI=1S/C32H46BNO/c1-9-21(10-2)22-13-15-25-26-16-14-24(32(33,11-3)12-4)18-28(26)29(27(25)17-22)23-19-30(5,6)34(35)31(7,8)20-23/h13-18,21,23,29,35H,9-12,19-20H2,1-8H3. The third-order valence-electron chi connectivity index (χ3n) is 9.52. The molecule has 2 nitrogen and oxygen atoms in total. The van der Waals surface area contributed by atoms with Gasteiger partial charge in [0.15, 0.2) is 0 Å². The van der Waals surface area contributed by atoms with E-state index in [0.29, 0.717) is 17.8 Å². The van der Waals surface area contributed by atoms with Crippen molar-refractivity contribution in [2.45, 2.75) is 122 Å². The Morgan fingerprint density at radius 2 is 1.40 bits per heavy atom. The highest BCUT2D eigenvalue weighted by molar-refractivity contribution is 6.16. The third kappa shape index (κ3) is 4.42. The molecule has 2 aromatic carbocycles. The molecule has 35 heavy (non-hydrogen) atoms. The summed E-state index contributed by atoms with van der Waals surface area (Å²) in [5.41, 5.74) is 7.89. The van der Waals surface area contributed by atoms with Crippen LogP contribution in [0.3, 0.4) is 0 Å². The van der Waals surface area contributed by atoms with E-state index >= 15 is 0 Å². The largest absolute Gasteiger partial charge is 0.313 e. The van der Waals surface area contributed by atoms with E-state index in [1.807, 2.05) is 0 Å². The summed E-state index contributed by atoms with van der Waals surface area (Å²) in [6.45, 7) is 17.8. The number of rotatable bonds is 7. The van der Waals surface area contributed by atoms with E-state index in [1.54, 1.807) is 5.06 Å². The topological polar surface area (TPSA) is 23.5 Å². The summed E-state index contributed by atoms with van der Waals surface area (Å²) in [5.74, 6) is 1.38. The van der Waals surface area contributed by atoms with Crippen molar-refractivity contribution in [1.82, 2.24) is 5.06 Å². The van der Waals surface area contributed by atoms with Crippen LogP contribution in [0.5, 0.6) is 0 Å². The van der Waals surface area contributed by atoms with Gasteiger partial charge in [-0.15, -0.1) is 0 Å². The first kappa shape index (κ1) is 26.5. The Morgan fingerprint density at radius 3 is 1.91 bits per heavy atom. The maximum Gasteiger partial charge on any atom is 0.0810 e. The van der Waals surface area contributed by atoms with Gasteiger partial charge in [0.05, 0.1) is 7.85 Å². The molecule has 1 saturated heterocycles. The number of hydroxylamine groups is 2. The van der Waals surface area contributed by atoms with Gasteiger partial charge in [0.2, 0.25) is 0 Å². The Balaban J connectivity index is 1.90. The van der Waals surface area contributed by atoms with Crippen molar-refractivity contribution in [3.63, 3.8) is 0 Å². The summed E-state index contributed by atoms with van der Waals surface area (Å²) in [4.78, 5) is 0. The zero-order chi connectivity index (χ0) is 25.8. The second kappa shape index (κ2) is 9.38. The molecule has 1 aliphatic carbocycles. The molecule has 0 saturated carbocycles. The lowest BCUT2D eigenvalue weighted by atomic mass is 9.60. The van der Waals surface area contributed by atoms with Crippen LogP contribution in [0.2, 0.25) is 0 Å². The van der Waals surface area contributed by atoms with Gasteiger partial charge in [-0.3, -0.25) is 0 Å². The predicted molar refractivity (Wildman–Crippen MR) is 150 cm³/mol. The summed E-state index contributed by atoms with van der Waals surface area (Å²) in [6.07, 6.45) is 6.13. The first-order chi connectivity index (χ1) is 16.4. The van der Waals surface area contributed by atoms with Gasteiger partial charge in [0, 0.05) is 17.0 Å². The first-order valence-corrected chi connectivity index (χ1v) is 14.0. The van der Waals surface area contributed by atoms with E-state index in [-0.39, 0.29) is 16.4 Å². The van der Waals surface area contributed by atoms with Gasteiger partial charge in [-0.25, -0.2) is 0 Å². The van der Waals surface area contributed by atoms with Crippen LogP contribution in [-0.2, 0) is 5.31 Å². The molecule has 1 atom stereocenters. The smallest absolute Gasteiger partial charge is 0.0810 e. The second-order valence-electron chi connectivity index (χ2n) is 12.6. The summed E-state index contributed by atoms with van der Waals surface area (Å²) in [5, 5.41) is 12.4. The van der Waals surface area contributed by atoms with Crippen LogP contribution in [0, 0.1) is 5.92 Å². The van der Waals surface area contributed by atoms with Gasteiger partial charge in [0.25, 0.3) is 0 Å². The summed E-state index contributed by atoms with van der Waals surface area (Å²) < 4.78 is 0. The molecule has 2 aliphatic rings. The fraction of sp³-hybridized carbons (Fsp3) is 0.625. The number of benzene rings is 2. The van der Waals surface area contributed by atoms with Gasteiger partial charge < -0.3 is 5.21 Å². The molecule has 2 aromatic rings. The molecule has 3 heteroatoms. The third-order valence-corrected chi connectivity index (χ3v) is 9.52. The molecule has 2 radical (unpaired) electrons. The lowest BCUT2D eigenvalue weighted by Crippen LogP contribution is -2.59. The number of hydrogen-bond acceptors (Lipinski definition) is 2. The molecule has 1 aliphatic heterocycles. The zero-order valence-corrected chi connectivity index (χ0v) is 23.4. The highest BCUT2D eigenvalue weighted by Crippen LogP contribution is 2.55. The Kier molecular flexibility index (Phi) is 7.10. The number of hydrogen-bond donors (Lipinski definition) is 1. The van der Waals surface area contributed by atoms with Crippen LogP contribution < -0.4 is 0 Å². The number of nitrogens with zero attached hydrogens (tertiary/aromatic N) is 1. The molecule has 1 fully saturated rings. The molecule has 1 unspecified atom stereocenters. The quantitative estimate of drug-likeness (QED) is 0.409. The van der Waals surface area contributed by atoms with Gasteiger partial charge in [0.1, 0.15) is 0 Å². The molecule has 4 rings (SSSR count). The molecule has 1 N–H and O–H groups in total. The second-order valence-corrected chi connectivity index (χ2v) is 12.6.